The fourth-order valence-electron chi connectivity index (χ4n) is 3.80. The first-order valence-corrected chi connectivity index (χ1v) is 8.11. The third kappa shape index (κ3) is 2.02. The number of piperidine rings is 1. The molecule has 114 valence electrons. The molecule has 0 unspecified atom stereocenters. The maximum atomic E-state index is 4.56. The molecule has 0 radical (unpaired) electrons. The van der Waals surface area contributed by atoms with E-state index in [4.69, 9.17) is 0 Å². The number of rotatable bonds is 1. The van der Waals surface area contributed by atoms with Crippen LogP contribution in [0.15, 0.2) is 18.2 Å². The molecule has 2 aromatic heterocycles. The van der Waals surface area contributed by atoms with Gasteiger partial charge in [0.1, 0.15) is 5.82 Å². The molecule has 1 fully saturated rings. The molecule has 0 spiro atoms. The first kappa shape index (κ1) is 13.7. The van der Waals surface area contributed by atoms with E-state index >= 15 is 0 Å². The van der Waals surface area contributed by atoms with E-state index in [1.807, 2.05) is 0 Å². The molecular weight excluding hydrogens is 272 g/mol. The van der Waals surface area contributed by atoms with Crippen LogP contribution in [0.25, 0.3) is 16.6 Å². The highest BCUT2D eigenvalue weighted by Gasteiger charge is 2.22. The van der Waals surface area contributed by atoms with E-state index in [9.17, 15) is 0 Å². The molecule has 0 saturated carbocycles. The first-order valence-electron chi connectivity index (χ1n) is 8.11. The molecule has 1 aromatic carbocycles. The van der Waals surface area contributed by atoms with Crippen molar-refractivity contribution in [3.63, 3.8) is 0 Å². The van der Waals surface area contributed by atoms with Crippen LogP contribution < -0.4 is 5.32 Å². The van der Waals surface area contributed by atoms with Gasteiger partial charge in [0.05, 0.1) is 5.52 Å². The number of aromatic nitrogens is 3. The minimum atomic E-state index is 0.503. The monoisotopic (exact) mass is 294 g/mol. The van der Waals surface area contributed by atoms with E-state index in [1.165, 1.54) is 27.6 Å². The second kappa shape index (κ2) is 5.06. The molecule has 4 rings (SSSR count). The largest absolute Gasteiger partial charge is 0.317 e. The summed E-state index contributed by atoms with van der Waals surface area (Å²) < 4.78 is 2.30. The van der Waals surface area contributed by atoms with E-state index < -0.39 is 0 Å². The Morgan fingerprint density at radius 1 is 1.00 bits per heavy atom. The van der Waals surface area contributed by atoms with Gasteiger partial charge in [0.15, 0.2) is 5.65 Å². The van der Waals surface area contributed by atoms with Gasteiger partial charge in [-0.3, -0.25) is 4.40 Å². The molecule has 0 aliphatic carbocycles. The van der Waals surface area contributed by atoms with Gasteiger partial charge >= 0.3 is 0 Å². The molecule has 4 nitrogen and oxygen atoms in total. The van der Waals surface area contributed by atoms with Crippen molar-refractivity contribution < 1.29 is 0 Å². The van der Waals surface area contributed by atoms with Crippen molar-refractivity contribution in [2.75, 3.05) is 13.1 Å². The van der Waals surface area contributed by atoms with Crippen LogP contribution in [0.2, 0.25) is 0 Å². The van der Waals surface area contributed by atoms with Crippen molar-refractivity contribution in [1.29, 1.82) is 0 Å². The van der Waals surface area contributed by atoms with Crippen molar-refractivity contribution in [2.45, 2.75) is 39.5 Å². The van der Waals surface area contributed by atoms with Crippen molar-refractivity contribution in [3.8, 4) is 0 Å². The van der Waals surface area contributed by atoms with E-state index in [1.54, 1.807) is 0 Å². The molecule has 3 heterocycles. The molecule has 1 N–H and O–H groups in total. The average Bonchev–Trinajstić information content (AvgIpc) is 2.91. The number of fused-ring (bicyclic) bond motifs is 3. The Kier molecular flexibility index (Phi) is 3.15. The summed E-state index contributed by atoms with van der Waals surface area (Å²) in [5.74, 6) is 1.64. The van der Waals surface area contributed by atoms with Gasteiger partial charge in [-0.2, -0.15) is 0 Å². The lowest BCUT2D eigenvalue weighted by molar-refractivity contribution is 0.443. The average molecular weight is 294 g/mol. The number of nitrogens with one attached hydrogen (secondary N) is 1. The van der Waals surface area contributed by atoms with Crippen LogP contribution in [0.3, 0.4) is 0 Å². The summed E-state index contributed by atoms with van der Waals surface area (Å²) in [4.78, 5) is 0. The van der Waals surface area contributed by atoms with Gasteiger partial charge in [-0.15, -0.1) is 10.2 Å². The quantitative estimate of drug-likeness (QED) is 0.749. The number of nitrogens with zero attached hydrogens (tertiary/aromatic N) is 3. The number of hydrogen-bond donors (Lipinski definition) is 1. The molecular formula is C18H22N4. The van der Waals surface area contributed by atoms with Crippen molar-refractivity contribution in [1.82, 2.24) is 19.9 Å². The summed E-state index contributed by atoms with van der Waals surface area (Å²) in [5.41, 5.74) is 6.14. The van der Waals surface area contributed by atoms with Gasteiger partial charge in [-0.25, -0.2) is 0 Å². The SMILES string of the molecule is Cc1cc(C)c2c(c1)c(C)cc1nnc(C3CCNCC3)n12. The molecule has 0 atom stereocenters. The lowest BCUT2D eigenvalue weighted by Crippen LogP contribution is -2.27. The molecule has 1 aliphatic heterocycles. The van der Waals surface area contributed by atoms with Crippen LogP contribution in [0, 0.1) is 20.8 Å². The van der Waals surface area contributed by atoms with Gasteiger partial charge in [-0.1, -0.05) is 11.6 Å². The van der Waals surface area contributed by atoms with Crippen LogP contribution in [-0.2, 0) is 0 Å². The lowest BCUT2D eigenvalue weighted by atomic mass is 9.96. The predicted octanol–water partition coefficient (Wildman–Crippen LogP) is 3.27. The van der Waals surface area contributed by atoms with Gasteiger partial charge in [0, 0.05) is 11.3 Å². The number of hydrogen-bond acceptors (Lipinski definition) is 3. The summed E-state index contributed by atoms with van der Waals surface area (Å²) >= 11 is 0. The zero-order valence-corrected chi connectivity index (χ0v) is 13.5. The molecule has 3 aromatic rings. The Bertz CT molecular complexity index is 857. The van der Waals surface area contributed by atoms with E-state index in [2.05, 4.69) is 58.9 Å². The van der Waals surface area contributed by atoms with Crippen LogP contribution in [0.1, 0.15) is 41.3 Å². The van der Waals surface area contributed by atoms with Crippen LogP contribution in [0.4, 0.5) is 0 Å². The van der Waals surface area contributed by atoms with E-state index in [0.717, 1.165) is 37.4 Å². The topological polar surface area (TPSA) is 42.2 Å². The number of pyridine rings is 1. The maximum Gasteiger partial charge on any atom is 0.161 e. The van der Waals surface area contributed by atoms with Gasteiger partial charge in [0.25, 0.3) is 0 Å². The summed E-state index contributed by atoms with van der Waals surface area (Å²) in [6.07, 6.45) is 2.28. The minimum Gasteiger partial charge on any atom is -0.317 e. The molecule has 0 bridgehead atoms. The Labute approximate surface area is 130 Å². The number of aryl methyl sites for hydroxylation is 3. The van der Waals surface area contributed by atoms with Gasteiger partial charge < -0.3 is 5.32 Å². The summed E-state index contributed by atoms with van der Waals surface area (Å²) in [6.45, 7) is 8.67. The van der Waals surface area contributed by atoms with E-state index in [0.29, 0.717) is 5.92 Å². The molecule has 4 heteroatoms. The molecule has 1 aliphatic rings. The third-order valence-corrected chi connectivity index (χ3v) is 4.86. The second-order valence-electron chi connectivity index (χ2n) is 6.58. The smallest absolute Gasteiger partial charge is 0.161 e. The summed E-state index contributed by atoms with van der Waals surface area (Å²) in [5, 5.41) is 13.8. The van der Waals surface area contributed by atoms with Crippen LogP contribution in [-0.4, -0.2) is 27.7 Å². The maximum absolute atomic E-state index is 4.56. The Balaban J connectivity index is 2.06. The Morgan fingerprint density at radius 3 is 2.55 bits per heavy atom. The number of benzene rings is 1. The van der Waals surface area contributed by atoms with Crippen molar-refractivity contribution in [2.24, 2.45) is 0 Å². The molecule has 1 saturated heterocycles. The van der Waals surface area contributed by atoms with Gasteiger partial charge in [0.2, 0.25) is 0 Å². The van der Waals surface area contributed by atoms with Crippen LogP contribution >= 0.6 is 0 Å². The molecule has 0 amide bonds. The highest BCUT2D eigenvalue weighted by atomic mass is 15.3. The Morgan fingerprint density at radius 2 is 1.77 bits per heavy atom. The predicted molar refractivity (Wildman–Crippen MR) is 89.5 cm³/mol. The lowest BCUT2D eigenvalue weighted by Gasteiger charge is -2.22. The zero-order chi connectivity index (χ0) is 15.3. The summed E-state index contributed by atoms with van der Waals surface area (Å²) in [6, 6.07) is 6.70. The highest BCUT2D eigenvalue weighted by Crippen LogP contribution is 2.30. The minimum absolute atomic E-state index is 0.503. The molecule has 22 heavy (non-hydrogen) atoms. The fraction of sp³-hybridized carbons (Fsp3) is 0.444. The van der Waals surface area contributed by atoms with Crippen molar-refractivity contribution >= 4 is 16.6 Å². The fourth-order valence-corrected chi connectivity index (χ4v) is 3.80. The van der Waals surface area contributed by atoms with Gasteiger partial charge in [-0.05, 0) is 70.0 Å². The van der Waals surface area contributed by atoms with Crippen LogP contribution in [0.5, 0.6) is 0 Å². The first-order chi connectivity index (χ1) is 10.6. The standard InChI is InChI=1S/C18H22N4/c1-11-8-13(3)17-15(9-11)12(2)10-16-20-21-18(22(16)17)14-4-6-19-7-5-14/h8-10,14,19H,4-7H2,1-3H3. The van der Waals surface area contributed by atoms with E-state index in [-0.39, 0.29) is 0 Å². The second-order valence-corrected chi connectivity index (χ2v) is 6.58. The zero-order valence-electron chi connectivity index (χ0n) is 13.5. The summed E-state index contributed by atoms with van der Waals surface area (Å²) in [7, 11) is 0. The third-order valence-electron chi connectivity index (χ3n) is 4.86. The van der Waals surface area contributed by atoms with Crippen molar-refractivity contribution in [3.05, 3.63) is 40.7 Å². The normalized spacial score (nSPS) is 16.7. The highest BCUT2D eigenvalue weighted by molar-refractivity contribution is 5.88. The Hall–Kier alpha value is -1.94.